The Kier molecular flexibility index (Phi) is 4.56. The maximum Gasteiger partial charge on any atom is 0.124 e. The van der Waals surface area contributed by atoms with E-state index in [0.29, 0.717) is 12.6 Å². The average molecular weight is 347 g/mol. The largest absolute Gasteiger partial charge is 0.489 e. The first-order chi connectivity index (χ1) is 10.2. The summed E-state index contributed by atoms with van der Waals surface area (Å²) in [6.07, 6.45) is 6.21. The third kappa shape index (κ3) is 4.29. The third-order valence-electron chi connectivity index (χ3n) is 3.53. The van der Waals surface area contributed by atoms with Gasteiger partial charge in [-0.05, 0) is 47.8 Å². The molecular formula is C17H19BrN2O. The Balaban J connectivity index is 1.68. The minimum Gasteiger partial charge on any atom is -0.489 e. The molecule has 1 aromatic carbocycles. The normalized spacial score (nSPS) is 14.2. The molecule has 0 spiro atoms. The molecule has 21 heavy (non-hydrogen) atoms. The highest BCUT2D eigenvalue weighted by Gasteiger charge is 2.20. The summed E-state index contributed by atoms with van der Waals surface area (Å²) in [5, 5.41) is 3.55. The molecule has 1 aliphatic rings. The first-order valence-electron chi connectivity index (χ1n) is 7.26. The number of aryl methyl sites for hydroxylation is 1. The Labute approximate surface area is 133 Å². The van der Waals surface area contributed by atoms with Crippen LogP contribution in [0.3, 0.4) is 0 Å². The van der Waals surface area contributed by atoms with Crippen LogP contribution in [0.15, 0.2) is 41.1 Å². The molecule has 0 aliphatic heterocycles. The number of aromatic nitrogens is 1. The van der Waals surface area contributed by atoms with Crippen LogP contribution in [-0.4, -0.2) is 11.0 Å². The molecule has 3 rings (SSSR count). The maximum absolute atomic E-state index is 5.99. The number of nitrogens with zero attached hydrogens (tertiary/aromatic N) is 1. The van der Waals surface area contributed by atoms with Gasteiger partial charge in [0.05, 0.1) is 0 Å². The molecule has 1 N–H and O–H groups in total. The highest BCUT2D eigenvalue weighted by molar-refractivity contribution is 9.10. The summed E-state index contributed by atoms with van der Waals surface area (Å²) in [5.41, 5.74) is 3.55. The average Bonchev–Trinajstić information content (AvgIpc) is 3.28. The molecule has 1 fully saturated rings. The van der Waals surface area contributed by atoms with Gasteiger partial charge in [0.25, 0.3) is 0 Å². The van der Waals surface area contributed by atoms with Crippen molar-refractivity contribution in [1.82, 2.24) is 10.3 Å². The van der Waals surface area contributed by atoms with Gasteiger partial charge >= 0.3 is 0 Å². The first-order valence-corrected chi connectivity index (χ1v) is 8.05. The van der Waals surface area contributed by atoms with E-state index in [-0.39, 0.29) is 0 Å². The molecule has 4 heteroatoms. The Hall–Kier alpha value is -1.39. The Morgan fingerprint density at radius 1 is 1.29 bits per heavy atom. The summed E-state index contributed by atoms with van der Waals surface area (Å²) in [6, 6.07) is 9.08. The van der Waals surface area contributed by atoms with Crippen LogP contribution in [0, 0.1) is 6.92 Å². The zero-order valence-electron chi connectivity index (χ0n) is 12.1. The Bertz CT molecular complexity index is 626. The van der Waals surface area contributed by atoms with Crippen LogP contribution >= 0.6 is 15.9 Å². The van der Waals surface area contributed by atoms with E-state index in [0.717, 1.165) is 22.3 Å². The lowest BCUT2D eigenvalue weighted by atomic mass is 10.1. The second-order valence-electron chi connectivity index (χ2n) is 5.57. The predicted molar refractivity (Wildman–Crippen MR) is 87.3 cm³/mol. The number of hydrogen-bond acceptors (Lipinski definition) is 3. The van der Waals surface area contributed by atoms with Gasteiger partial charge in [-0.3, -0.25) is 4.98 Å². The number of nitrogens with one attached hydrogen (secondary N) is 1. The van der Waals surface area contributed by atoms with Crippen molar-refractivity contribution in [3.63, 3.8) is 0 Å². The lowest BCUT2D eigenvalue weighted by Crippen LogP contribution is -2.16. The Morgan fingerprint density at radius 3 is 2.90 bits per heavy atom. The molecule has 0 saturated heterocycles. The van der Waals surface area contributed by atoms with Crippen LogP contribution in [-0.2, 0) is 13.2 Å². The van der Waals surface area contributed by atoms with Crippen LogP contribution in [0.2, 0.25) is 0 Å². The van der Waals surface area contributed by atoms with Crippen molar-refractivity contribution in [3.05, 3.63) is 57.8 Å². The number of halogens is 1. The SMILES string of the molecule is Cc1ccc(OCc2cncc(Br)c2)c(CNC2CC2)c1. The van der Waals surface area contributed by atoms with Crippen LogP contribution in [0.1, 0.15) is 29.5 Å². The lowest BCUT2D eigenvalue weighted by molar-refractivity contribution is 0.301. The van der Waals surface area contributed by atoms with E-state index in [4.69, 9.17) is 4.74 Å². The standard InChI is InChI=1S/C17H19BrN2O/c1-12-2-5-17(14(6-12)9-20-16-3-4-16)21-11-13-7-15(18)10-19-8-13/h2,5-8,10,16,20H,3-4,9,11H2,1H3. The van der Waals surface area contributed by atoms with Crippen molar-refractivity contribution >= 4 is 15.9 Å². The van der Waals surface area contributed by atoms with Gasteiger partial charge in [0.1, 0.15) is 12.4 Å². The topological polar surface area (TPSA) is 34.1 Å². The van der Waals surface area contributed by atoms with E-state index in [1.807, 2.05) is 12.3 Å². The molecule has 2 aromatic rings. The van der Waals surface area contributed by atoms with Crippen molar-refractivity contribution in [2.75, 3.05) is 0 Å². The van der Waals surface area contributed by atoms with Gasteiger partial charge in [0, 0.05) is 40.6 Å². The molecule has 0 atom stereocenters. The van der Waals surface area contributed by atoms with E-state index in [1.54, 1.807) is 6.20 Å². The van der Waals surface area contributed by atoms with Crippen molar-refractivity contribution in [1.29, 1.82) is 0 Å². The Morgan fingerprint density at radius 2 is 2.14 bits per heavy atom. The fourth-order valence-electron chi connectivity index (χ4n) is 2.22. The number of rotatable bonds is 6. The molecular weight excluding hydrogens is 328 g/mol. The van der Waals surface area contributed by atoms with Crippen molar-refractivity contribution in [2.24, 2.45) is 0 Å². The van der Waals surface area contributed by atoms with Crippen LogP contribution in [0.4, 0.5) is 0 Å². The summed E-state index contributed by atoms with van der Waals surface area (Å²) >= 11 is 3.43. The van der Waals surface area contributed by atoms with Gasteiger partial charge in [-0.2, -0.15) is 0 Å². The molecule has 1 aromatic heterocycles. The maximum atomic E-state index is 5.99. The van der Waals surface area contributed by atoms with Crippen molar-refractivity contribution < 1.29 is 4.74 Å². The zero-order chi connectivity index (χ0) is 14.7. The van der Waals surface area contributed by atoms with Crippen LogP contribution in [0.5, 0.6) is 5.75 Å². The monoisotopic (exact) mass is 346 g/mol. The summed E-state index contributed by atoms with van der Waals surface area (Å²) < 4.78 is 6.96. The fraction of sp³-hybridized carbons (Fsp3) is 0.353. The third-order valence-corrected chi connectivity index (χ3v) is 3.96. The molecule has 1 saturated carbocycles. The summed E-state index contributed by atoms with van der Waals surface area (Å²) in [4.78, 5) is 4.16. The number of ether oxygens (including phenoxy) is 1. The molecule has 0 radical (unpaired) electrons. The summed E-state index contributed by atoms with van der Waals surface area (Å²) in [7, 11) is 0. The molecule has 110 valence electrons. The highest BCUT2D eigenvalue weighted by Crippen LogP contribution is 2.24. The summed E-state index contributed by atoms with van der Waals surface area (Å²) in [6.45, 7) is 3.52. The first kappa shape index (κ1) is 14.5. The molecule has 3 nitrogen and oxygen atoms in total. The molecule has 1 aliphatic carbocycles. The number of benzene rings is 1. The van der Waals surface area contributed by atoms with Gasteiger partial charge < -0.3 is 10.1 Å². The summed E-state index contributed by atoms with van der Waals surface area (Å²) in [5.74, 6) is 0.953. The smallest absolute Gasteiger partial charge is 0.124 e. The second kappa shape index (κ2) is 6.58. The fourth-order valence-corrected chi connectivity index (χ4v) is 2.64. The van der Waals surface area contributed by atoms with Crippen molar-refractivity contribution in [2.45, 2.75) is 39.0 Å². The van der Waals surface area contributed by atoms with E-state index < -0.39 is 0 Å². The van der Waals surface area contributed by atoms with Gasteiger partial charge in [0.15, 0.2) is 0 Å². The minimum absolute atomic E-state index is 0.534. The van der Waals surface area contributed by atoms with E-state index in [1.165, 1.54) is 24.0 Å². The van der Waals surface area contributed by atoms with E-state index in [2.05, 4.69) is 51.4 Å². The second-order valence-corrected chi connectivity index (χ2v) is 6.48. The highest BCUT2D eigenvalue weighted by atomic mass is 79.9. The lowest BCUT2D eigenvalue weighted by Gasteiger charge is -2.13. The zero-order valence-corrected chi connectivity index (χ0v) is 13.7. The van der Waals surface area contributed by atoms with Gasteiger partial charge in [-0.1, -0.05) is 17.7 Å². The van der Waals surface area contributed by atoms with Gasteiger partial charge in [0.2, 0.25) is 0 Å². The van der Waals surface area contributed by atoms with E-state index >= 15 is 0 Å². The number of hydrogen-bond donors (Lipinski definition) is 1. The van der Waals surface area contributed by atoms with Gasteiger partial charge in [-0.15, -0.1) is 0 Å². The molecule has 0 unspecified atom stereocenters. The predicted octanol–water partition coefficient (Wildman–Crippen LogP) is 3.98. The van der Waals surface area contributed by atoms with E-state index in [9.17, 15) is 0 Å². The quantitative estimate of drug-likeness (QED) is 0.858. The minimum atomic E-state index is 0.534. The molecule has 0 amide bonds. The van der Waals surface area contributed by atoms with Gasteiger partial charge in [-0.25, -0.2) is 0 Å². The molecule has 1 heterocycles. The molecule has 0 bridgehead atoms. The van der Waals surface area contributed by atoms with Crippen LogP contribution in [0.25, 0.3) is 0 Å². The van der Waals surface area contributed by atoms with Crippen LogP contribution < -0.4 is 10.1 Å². The van der Waals surface area contributed by atoms with Crippen molar-refractivity contribution in [3.8, 4) is 5.75 Å². The number of pyridine rings is 1.